The van der Waals surface area contributed by atoms with Crippen molar-refractivity contribution in [3.8, 4) is 5.75 Å². The van der Waals surface area contributed by atoms with Crippen molar-refractivity contribution in [3.63, 3.8) is 0 Å². The summed E-state index contributed by atoms with van der Waals surface area (Å²) in [5.41, 5.74) is 3.81. The van der Waals surface area contributed by atoms with E-state index in [-0.39, 0.29) is 11.0 Å². The molecule has 4 heteroatoms. The zero-order valence-electron chi connectivity index (χ0n) is 15.6. The summed E-state index contributed by atoms with van der Waals surface area (Å²) in [5, 5.41) is 4.44. The summed E-state index contributed by atoms with van der Waals surface area (Å²) in [6, 6.07) is 27.8. The summed E-state index contributed by atoms with van der Waals surface area (Å²) in [4.78, 5) is 13.2. The second kappa shape index (κ2) is 8.36. The van der Waals surface area contributed by atoms with Crippen molar-refractivity contribution in [1.29, 1.82) is 0 Å². The number of para-hydroxylation sites is 1. The third-order valence-electron chi connectivity index (χ3n) is 4.72. The number of hydrogen-bond donors (Lipinski definition) is 1. The minimum atomic E-state index is 0.0667. The molecule has 3 aromatic rings. The van der Waals surface area contributed by atoms with Gasteiger partial charge in [-0.05, 0) is 35.4 Å². The minimum Gasteiger partial charge on any atom is -0.497 e. The van der Waals surface area contributed by atoms with Crippen LogP contribution in [0.15, 0.2) is 90.0 Å². The van der Waals surface area contributed by atoms with Gasteiger partial charge in [0.15, 0.2) is 5.78 Å². The molecule has 28 heavy (non-hydrogen) atoms. The van der Waals surface area contributed by atoms with Crippen LogP contribution < -0.4 is 10.1 Å². The molecule has 0 amide bonds. The molecule has 1 aliphatic heterocycles. The lowest BCUT2D eigenvalue weighted by molar-refractivity contribution is -0.113. The number of rotatable bonds is 5. The van der Waals surface area contributed by atoms with Crippen LogP contribution in [0.2, 0.25) is 0 Å². The number of carbonyl (C=O) groups excluding carboxylic acids is 1. The molecule has 0 saturated carbocycles. The number of benzene rings is 3. The number of ketones is 1. The Labute approximate surface area is 169 Å². The highest BCUT2D eigenvalue weighted by atomic mass is 32.2. The summed E-state index contributed by atoms with van der Waals surface area (Å²) in [6.45, 7) is 0. The maximum Gasteiger partial charge on any atom is 0.167 e. The van der Waals surface area contributed by atoms with Gasteiger partial charge in [0.2, 0.25) is 0 Å². The molecule has 4 rings (SSSR count). The second-order valence-corrected chi connectivity index (χ2v) is 7.78. The van der Waals surface area contributed by atoms with Gasteiger partial charge in [-0.3, -0.25) is 4.79 Å². The number of allylic oxidation sites excluding steroid dienone is 1. The summed E-state index contributed by atoms with van der Waals surface area (Å²) in [7, 11) is 1.66. The molecule has 1 aliphatic rings. The Hall–Kier alpha value is -2.98. The Kier molecular flexibility index (Phi) is 5.49. The van der Waals surface area contributed by atoms with Gasteiger partial charge in [-0.2, -0.15) is 0 Å². The summed E-state index contributed by atoms with van der Waals surface area (Å²) >= 11 is 1.71. The molecule has 0 aromatic heterocycles. The van der Waals surface area contributed by atoms with Gasteiger partial charge in [0.1, 0.15) is 5.75 Å². The van der Waals surface area contributed by atoms with Crippen LogP contribution in [-0.2, 0) is 4.79 Å². The van der Waals surface area contributed by atoms with Crippen LogP contribution in [-0.4, -0.2) is 12.9 Å². The summed E-state index contributed by atoms with van der Waals surface area (Å²) in [6.07, 6.45) is 0.473. The maximum atomic E-state index is 13.2. The van der Waals surface area contributed by atoms with Crippen molar-refractivity contribution in [2.45, 2.75) is 11.7 Å². The van der Waals surface area contributed by atoms with E-state index in [0.717, 1.165) is 33.2 Å². The molecule has 1 atom stereocenters. The molecular formula is C24H21NO2S. The fraction of sp³-hybridized carbons (Fsp3) is 0.125. The number of carbonyl (C=O) groups is 1. The summed E-state index contributed by atoms with van der Waals surface area (Å²) in [5.74, 6) is 0.975. The van der Waals surface area contributed by atoms with Gasteiger partial charge in [0.25, 0.3) is 0 Å². The summed E-state index contributed by atoms with van der Waals surface area (Å²) < 4.78 is 5.26. The highest BCUT2D eigenvalue weighted by molar-refractivity contribution is 8.03. The monoisotopic (exact) mass is 387 g/mol. The van der Waals surface area contributed by atoms with Crippen LogP contribution >= 0.6 is 11.8 Å². The molecule has 0 spiro atoms. The second-order valence-electron chi connectivity index (χ2n) is 6.57. The molecule has 0 unspecified atom stereocenters. The van der Waals surface area contributed by atoms with E-state index >= 15 is 0 Å². The third-order valence-corrected chi connectivity index (χ3v) is 5.98. The Bertz CT molecular complexity index is 982. The topological polar surface area (TPSA) is 38.3 Å². The van der Waals surface area contributed by atoms with Gasteiger partial charge in [-0.1, -0.05) is 72.4 Å². The lowest BCUT2D eigenvalue weighted by atomic mass is 9.96. The first-order valence-corrected chi connectivity index (χ1v) is 10.1. The molecule has 1 N–H and O–H groups in total. The normalized spacial score (nSPS) is 16.8. The van der Waals surface area contributed by atoms with Crippen LogP contribution in [0.25, 0.3) is 5.57 Å². The van der Waals surface area contributed by atoms with E-state index in [4.69, 9.17) is 4.74 Å². The molecule has 0 fully saturated rings. The Morgan fingerprint density at radius 2 is 1.54 bits per heavy atom. The van der Waals surface area contributed by atoms with Gasteiger partial charge in [-0.25, -0.2) is 0 Å². The highest BCUT2D eigenvalue weighted by Crippen LogP contribution is 2.46. The molecule has 0 saturated heterocycles. The number of Topliss-reactive ketones (excluding diaryl/α,β-unsaturated/α-hetero) is 1. The van der Waals surface area contributed by atoms with E-state index in [1.807, 2.05) is 84.9 Å². The van der Waals surface area contributed by atoms with Crippen LogP contribution in [0.3, 0.4) is 0 Å². The van der Waals surface area contributed by atoms with E-state index in [9.17, 15) is 4.79 Å². The van der Waals surface area contributed by atoms with Crippen molar-refractivity contribution in [3.05, 3.63) is 101 Å². The molecule has 0 aliphatic carbocycles. The van der Waals surface area contributed by atoms with Gasteiger partial charge in [-0.15, -0.1) is 0 Å². The predicted octanol–water partition coefficient (Wildman–Crippen LogP) is 5.92. The zero-order chi connectivity index (χ0) is 19.3. The lowest BCUT2D eigenvalue weighted by Gasteiger charge is -2.27. The molecule has 0 radical (unpaired) electrons. The molecule has 140 valence electrons. The first kappa shape index (κ1) is 18.4. The van der Waals surface area contributed by atoms with E-state index < -0.39 is 0 Å². The van der Waals surface area contributed by atoms with Crippen molar-refractivity contribution in [1.82, 2.24) is 0 Å². The van der Waals surface area contributed by atoms with Gasteiger partial charge in [0, 0.05) is 17.4 Å². The number of nitrogens with one attached hydrogen (secondary N) is 1. The Morgan fingerprint density at radius 3 is 2.18 bits per heavy atom. The number of anilines is 1. The van der Waals surface area contributed by atoms with Crippen molar-refractivity contribution in [2.75, 3.05) is 12.4 Å². The van der Waals surface area contributed by atoms with E-state index in [1.165, 1.54) is 0 Å². The van der Waals surface area contributed by atoms with Crippen LogP contribution in [0.4, 0.5) is 5.69 Å². The maximum absolute atomic E-state index is 13.2. The van der Waals surface area contributed by atoms with Crippen molar-refractivity contribution >= 4 is 28.8 Å². The number of hydrogen-bond acceptors (Lipinski definition) is 4. The Balaban J connectivity index is 1.72. The number of ether oxygens (including phenoxy) is 1. The van der Waals surface area contributed by atoms with E-state index in [2.05, 4.69) is 5.32 Å². The molecule has 3 aromatic carbocycles. The highest BCUT2D eigenvalue weighted by Gasteiger charge is 2.30. The molecule has 1 heterocycles. The fourth-order valence-electron chi connectivity index (χ4n) is 3.29. The molecule has 0 bridgehead atoms. The van der Waals surface area contributed by atoms with Gasteiger partial charge >= 0.3 is 0 Å². The van der Waals surface area contributed by atoms with E-state index in [0.29, 0.717) is 6.42 Å². The van der Waals surface area contributed by atoms with Crippen molar-refractivity contribution in [2.24, 2.45) is 0 Å². The van der Waals surface area contributed by atoms with Gasteiger partial charge < -0.3 is 10.1 Å². The van der Waals surface area contributed by atoms with Crippen LogP contribution in [0.5, 0.6) is 5.75 Å². The fourth-order valence-corrected chi connectivity index (χ4v) is 4.62. The van der Waals surface area contributed by atoms with Crippen molar-refractivity contribution < 1.29 is 9.53 Å². The smallest absolute Gasteiger partial charge is 0.167 e. The minimum absolute atomic E-state index is 0.0667. The average Bonchev–Trinajstić information content (AvgIpc) is 2.75. The third kappa shape index (κ3) is 3.97. The lowest BCUT2D eigenvalue weighted by Crippen LogP contribution is -2.17. The average molecular weight is 388 g/mol. The molecular weight excluding hydrogens is 366 g/mol. The SMILES string of the molecule is COc1ccc([C@H]2CC(=O)C(c3ccccc3)=C(Nc3ccccc3)S2)cc1. The quantitative estimate of drug-likeness (QED) is 0.589. The predicted molar refractivity (Wildman–Crippen MR) is 116 cm³/mol. The van der Waals surface area contributed by atoms with Gasteiger partial charge in [0.05, 0.1) is 17.7 Å². The zero-order valence-corrected chi connectivity index (χ0v) is 16.4. The largest absolute Gasteiger partial charge is 0.497 e. The van der Waals surface area contributed by atoms with E-state index in [1.54, 1.807) is 18.9 Å². The van der Waals surface area contributed by atoms with Crippen LogP contribution in [0.1, 0.15) is 22.8 Å². The number of thioether (sulfide) groups is 1. The van der Waals surface area contributed by atoms with Crippen LogP contribution in [0, 0.1) is 0 Å². The Morgan fingerprint density at radius 1 is 0.893 bits per heavy atom. The first-order chi connectivity index (χ1) is 13.7. The standard InChI is InChI=1S/C24H21NO2S/c1-27-20-14-12-17(13-15-20)22-16-21(26)23(18-8-4-2-5-9-18)24(28-22)25-19-10-6-3-7-11-19/h2-15,22,25H,16H2,1H3/t22-/m1/s1. The number of methoxy groups -OCH3 is 1. The molecule has 3 nitrogen and oxygen atoms in total. The first-order valence-electron chi connectivity index (χ1n) is 9.20.